The summed E-state index contributed by atoms with van der Waals surface area (Å²) in [6.07, 6.45) is 0. The molecule has 2 N–H and O–H groups in total. The highest BCUT2D eigenvalue weighted by molar-refractivity contribution is 6.35. The van der Waals surface area contributed by atoms with E-state index in [1.54, 1.807) is 24.3 Å². The minimum Gasteiger partial charge on any atom is -0.504 e. The van der Waals surface area contributed by atoms with Gasteiger partial charge in [0.2, 0.25) is 5.75 Å². The maximum absolute atomic E-state index is 12.6. The van der Waals surface area contributed by atoms with Crippen molar-refractivity contribution in [3.05, 3.63) is 62.7 Å². The first kappa shape index (κ1) is 20.0. The number of hydrogen-bond donors (Lipinski definition) is 2. The number of rotatable bonds is 4. The fraction of sp³-hybridized carbons (Fsp3) is 0.176. The van der Waals surface area contributed by atoms with E-state index >= 15 is 0 Å². The van der Waals surface area contributed by atoms with E-state index in [-0.39, 0.29) is 6.54 Å². The van der Waals surface area contributed by atoms with Gasteiger partial charge in [-0.05, 0) is 5.56 Å². The van der Waals surface area contributed by atoms with Gasteiger partial charge in [-0.1, -0.05) is 41.9 Å². The van der Waals surface area contributed by atoms with Crippen molar-refractivity contribution in [2.75, 3.05) is 14.1 Å². The lowest BCUT2D eigenvalue weighted by molar-refractivity contribution is -0.386. The number of aromatic hydroxyl groups is 2. The number of phenolic OH excluding ortho intramolecular Hbond substituents is 2. The molecule has 0 heterocycles. The Morgan fingerprint density at radius 2 is 1.78 bits per heavy atom. The largest absolute Gasteiger partial charge is 0.504 e. The van der Waals surface area contributed by atoms with Crippen LogP contribution in [0.4, 0.5) is 10.5 Å². The van der Waals surface area contributed by atoms with E-state index in [1.807, 2.05) is 6.07 Å². The van der Waals surface area contributed by atoms with Gasteiger partial charge in [0.15, 0.2) is 5.75 Å². The van der Waals surface area contributed by atoms with Gasteiger partial charge in [-0.2, -0.15) is 0 Å². The number of benzene rings is 2. The number of halogens is 1. The first-order valence-electron chi connectivity index (χ1n) is 7.61. The molecule has 0 saturated heterocycles. The third-order valence-corrected chi connectivity index (χ3v) is 4.08. The molecule has 0 spiro atoms. The van der Waals surface area contributed by atoms with Gasteiger partial charge >= 0.3 is 11.7 Å². The highest BCUT2D eigenvalue weighted by Crippen LogP contribution is 2.42. The molecule has 0 aliphatic heterocycles. The lowest BCUT2D eigenvalue weighted by Crippen LogP contribution is -2.42. The zero-order chi connectivity index (χ0) is 20.3. The van der Waals surface area contributed by atoms with E-state index in [0.29, 0.717) is 4.90 Å². The summed E-state index contributed by atoms with van der Waals surface area (Å²) >= 11 is 5.86. The van der Waals surface area contributed by atoms with E-state index in [9.17, 15) is 29.9 Å². The van der Waals surface area contributed by atoms with Crippen LogP contribution in [0.5, 0.6) is 11.5 Å². The molecule has 2 aromatic rings. The number of phenols is 2. The van der Waals surface area contributed by atoms with E-state index in [4.69, 9.17) is 11.6 Å². The summed E-state index contributed by atoms with van der Waals surface area (Å²) in [5.74, 6) is -3.04. The summed E-state index contributed by atoms with van der Waals surface area (Å²) in [7, 11) is 2.60. The molecule has 27 heavy (non-hydrogen) atoms. The Labute approximate surface area is 159 Å². The van der Waals surface area contributed by atoms with Gasteiger partial charge in [0.25, 0.3) is 5.91 Å². The second-order valence-corrected chi connectivity index (χ2v) is 6.10. The van der Waals surface area contributed by atoms with Gasteiger partial charge in [-0.15, -0.1) is 0 Å². The third kappa shape index (κ3) is 4.09. The van der Waals surface area contributed by atoms with Gasteiger partial charge < -0.3 is 15.1 Å². The number of nitrogens with zero attached hydrogens (tertiary/aromatic N) is 3. The fourth-order valence-corrected chi connectivity index (χ4v) is 2.70. The normalized spacial score (nSPS) is 10.3. The molecule has 0 aliphatic carbocycles. The van der Waals surface area contributed by atoms with Crippen molar-refractivity contribution in [2.24, 2.45) is 0 Å². The van der Waals surface area contributed by atoms with Crippen molar-refractivity contribution in [3.8, 4) is 11.5 Å². The lowest BCUT2D eigenvalue weighted by Gasteiger charge is -2.24. The summed E-state index contributed by atoms with van der Waals surface area (Å²) in [6, 6.07) is 9.07. The van der Waals surface area contributed by atoms with Gasteiger partial charge in [0.05, 0.1) is 9.95 Å². The zero-order valence-electron chi connectivity index (χ0n) is 14.4. The Balaban J connectivity index is 2.33. The van der Waals surface area contributed by atoms with Crippen LogP contribution in [-0.4, -0.2) is 51.0 Å². The highest BCUT2D eigenvalue weighted by Gasteiger charge is 2.34. The first-order chi connectivity index (χ1) is 12.6. The Morgan fingerprint density at radius 1 is 1.19 bits per heavy atom. The molecule has 0 saturated carbocycles. The Bertz CT molecular complexity index is 903. The van der Waals surface area contributed by atoms with Crippen LogP contribution in [0.1, 0.15) is 15.9 Å². The van der Waals surface area contributed by atoms with Crippen molar-refractivity contribution in [3.63, 3.8) is 0 Å². The monoisotopic (exact) mass is 393 g/mol. The van der Waals surface area contributed by atoms with Crippen molar-refractivity contribution in [2.45, 2.75) is 6.54 Å². The Kier molecular flexibility index (Phi) is 5.86. The number of nitro benzene ring substituents is 1. The second-order valence-electron chi connectivity index (χ2n) is 5.70. The van der Waals surface area contributed by atoms with Crippen LogP contribution in [0, 0.1) is 10.1 Å². The molecule has 0 fully saturated rings. The SMILES string of the molecule is CN(Cc1ccccc1)C(=O)N(C)C(=O)c1c(Cl)cc(O)c(O)c1[N+](=O)[O-]. The van der Waals surface area contributed by atoms with Crippen LogP contribution in [0.15, 0.2) is 36.4 Å². The van der Waals surface area contributed by atoms with Crippen LogP contribution < -0.4 is 0 Å². The van der Waals surface area contributed by atoms with Gasteiger partial charge in [-0.3, -0.25) is 19.8 Å². The minimum atomic E-state index is -1.11. The number of imide groups is 1. The predicted octanol–water partition coefficient (Wildman–Crippen LogP) is 2.98. The van der Waals surface area contributed by atoms with Gasteiger partial charge in [0, 0.05) is 26.7 Å². The molecule has 2 rings (SSSR count). The highest BCUT2D eigenvalue weighted by atomic mass is 35.5. The molecule has 142 valence electrons. The molecule has 0 unspecified atom stereocenters. The number of carbonyl (C=O) groups is 2. The van der Waals surface area contributed by atoms with Crippen LogP contribution >= 0.6 is 11.6 Å². The quantitative estimate of drug-likeness (QED) is 0.467. The van der Waals surface area contributed by atoms with Crippen LogP contribution in [-0.2, 0) is 6.54 Å². The van der Waals surface area contributed by atoms with Crippen LogP contribution in [0.3, 0.4) is 0 Å². The molecular formula is C17H16ClN3O6. The molecule has 0 bridgehead atoms. The maximum atomic E-state index is 12.6. The van der Waals surface area contributed by atoms with Gasteiger partial charge in [0.1, 0.15) is 5.56 Å². The van der Waals surface area contributed by atoms with E-state index in [2.05, 4.69) is 0 Å². The van der Waals surface area contributed by atoms with Crippen LogP contribution in [0.25, 0.3) is 0 Å². The first-order valence-corrected chi connectivity index (χ1v) is 7.98. The summed E-state index contributed by atoms with van der Waals surface area (Å²) in [4.78, 5) is 37.2. The molecule has 10 heteroatoms. The molecule has 0 radical (unpaired) electrons. The van der Waals surface area contributed by atoms with Crippen molar-refractivity contribution >= 4 is 29.2 Å². The Morgan fingerprint density at radius 3 is 2.33 bits per heavy atom. The second kappa shape index (κ2) is 7.92. The predicted molar refractivity (Wildman–Crippen MR) is 96.8 cm³/mol. The summed E-state index contributed by atoms with van der Waals surface area (Å²) in [5.41, 5.74) is -0.947. The topological polar surface area (TPSA) is 124 Å². The Hall–Kier alpha value is -3.33. The van der Waals surface area contributed by atoms with E-state index in [1.165, 1.54) is 11.9 Å². The smallest absolute Gasteiger partial charge is 0.328 e. The fourth-order valence-electron chi connectivity index (χ4n) is 2.43. The molecule has 0 atom stereocenters. The molecular weight excluding hydrogens is 378 g/mol. The maximum Gasteiger partial charge on any atom is 0.328 e. The summed E-state index contributed by atoms with van der Waals surface area (Å²) in [5, 5.41) is 30.0. The number of hydrogen-bond acceptors (Lipinski definition) is 6. The molecule has 2 aromatic carbocycles. The summed E-state index contributed by atoms with van der Waals surface area (Å²) in [6.45, 7) is 0.202. The van der Waals surface area contributed by atoms with Crippen molar-refractivity contribution in [1.82, 2.24) is 9.80 Å². The van der Waals surface area contributed by atoms with E-state index in [0.717, 1.165) is 18.7 Å². The molecule has 3 amide bonds. The third-order valence-electron chi connectivity index (χ3n) is 3.78. The van der Waals surface area contributed by atoms with Gasteiger partial charge in [-0.25, -0.2) is 4.79 Å². The van der Waals surface area contributed by atoms with Crippen LogP contribution in [0.2, 0.25) is 5.02 Å². The zero-order valence-corrected chi connectivity index (χ0v) is 15.2. The molecule has 0 aromatic heterocycles. The van der Waals surface area contributed by atoms with Crippen molar-refractivity contribution < 1.29 is 24.7 Å². The van der Waals surface area contributed by atoms with E-state index < -0.39 is 44.6 Å². The number of nitro groups is 1. The number of amides is 3. The number of carbonyl (C=O) groups excluding carboxylic acids is 2. The molecule has 9 nitrogen and oxygen atoms in total. The lowest BCUT2D eigenvalue weighted by atomic mass is 10.1. The molecule has 0 aliphatic rings. The summed E-state index contributed by atoms with van der Waals surface area (Å²) < 4.78 is 0. The minimum absolute atomic E-state index is 0.202. The average Bonchev–Trinajstić information content (AvgIpc) is 2.63. The van der Waals surface area contributed by atoms with Crippen molar-refractivity contribution in [1.29, 1.82) is 0 Å². The number of urea groups is 1. The standard InChI is InChI=1S/C17H16ClN3O6/c1-19(9-10-6-4-3-5-7-10)17(25)20(2)16(24)13-11(18)8-12(22)15(23)14(13)21(26)27/h3-8,22-23H,9H2,1-2H3. The average molecular weight is 394 g/mol.